The van der Waals surface area contributed by atoms with Gasteiger partial charge in [-0.2, -0.15) is 0 Å². The Morgan fingerprint density at radius 1 is 1.04 bits per heavy atom. The first-order valence-electron chi connectivity index (χ1n) is 9.61. The van der Waals surface area contributed by atoms with Gasteiger partial charge in [0.1, 0.15) is 18.3 Å². The van der Waals surface area contributed by atoms with E-state index >= 15 is 0 Å². The van der Waals surface area contributed by atoms with Gasteiger partial charge in [-0.05, 0) is 43.5 Å². The van der Waals surface area contributed by atoms with Crippen LogP contribution in [0.4, 0.5) is 5.69 Å². The van der Waals surface area contributed by atoms with Gasteiger partial charge in [-0.15, -0.1) is 0 Å². The van der Waals surface area contributed by atoms with Crippen LogP contribution in [0.5, 0.6) is 0 Å². The van der Waals surface area contributed by atoms with Crippen molar-refractivity contribution in [1.82, 2.24) is 0 Å². The summed E-state index contributed by atoms with van der Waals surface area (Å²) in [6.45, 7) is 3.77. The molecule has 0 aliphatic carbocycles. The molecule has 28 heavy (non-hydrogen) atoms. The fourth-order valence-corrected chi connectivity index (χ4v) is 3.84. The van der Waals surface area contributed by atoms with Gasteiger partial charge in [0, 0.05) is 5.69 Å². The van der Waals surface area contributed by atoms with Crippen molar-refractivity contribution in [3.8, 4) is 0 Å². The lowest BCUT2D eigenvalue weighted by Gasteiger charge is -2.41. The third kappa shape index (κ3) is 4.06. The van der Waals surface area contributed by atoms with E-state index in [2.05, 4.69) is 23.5 Å². The summed E-state index contributed by atoms with van der Waals surface area (Å²) in [5.41, 5.74) is 3.24. The zero-order chi connectivity index (χ0) is 19.8. The molecule has 2 aliphatic rings. The number of benzene rings is 2. The lowest BCUT2D eigenvalue weighted by atomic mass is 9.96. The van der Waals surface area contributed by atoms with E-state index in [1.54, 1.807) is 13.8 Å². The van der Waals surface area contributed by atoms with Crippen molar-refractivity contribution in [2.45, 2.75) is 50.2 Å². The molecule has 6 heteroatoms. The summed E-state index contributed by atoms with van der Waals surface area (Å²) < 4.78 is 17.0. The van der Waals surface area contributed by atoms with Crippen molar-refractivity contribution in [3.05, 3.63) is 65.7 Å². The van der Waals surface area contributed by atoms with E-state index in [1.165, 1.54) is 5.56 Å². The van der Waals surface area contributed by atoms with Crippen molar-refractivity contribution in [2.24, 2.45) is 0 Å². The molecule has 0 spiro atoms. The fraction of sp³-hybridized carbons (Fsp3) is 0.455. The molecule has 0 bridgehead atoms. The van der Waals surface area contributed by atoms with Gasteiger partial charge in [-0.3, -0.25) is 0 Å². The molecule has 3 N–H and O–H groups in total. The van der Waals surface area contributed by atoms with Crippen molar-refractivity contribution in [3.63, 3.8) is 0 Å². The second kappa shape index (κ2) is 7.46. The Labute approximate surface area is 165 Å². The van der Waals surface area contributed by atoms with Gasteiger partial charge in [0.25, 0.3) is 0 Å². The number of fused-ring (bicyclic) bond motifs is 1. The Balaban J connectivity index is 1.41. The zero-order valence-corrected chi connectivity index (χ0v) is 16.2. The van der Waals surface area contributed by atoms with Gasteiger partial charge in [0.15, 0.2) is 5.79 Å². The van der Waals surface area contributed by atoms with Crippen molar-refractivity contribution < 1.29 is 24.4 Å². The molecule has 2 aliphatic heterocycles. The molecule has 4 atom stereocenters. The highest BCUT2D eigenvalue weighted by molar-refractivity contribution is 5.47. The van der Waals surface area contributed by atoms with Crippen molar-refractivity contribution >= 4 is 5.69 Å². The summed E-state index contributed by atoms with van der Waals surface area (Å²) in [4.78, 5) is 0. The van der Waals surface area contributed by atoms with Crippen LogP contribution >= 0.6 is 0 Å². The molecule has 2 saturated heterocycles. The van der Waals surface area contributed by atoms with Gasteiger partial charge < -0.3 is 29.7 Å². The molecular weight excluding hydrogens is 358 g/mol. The average Bonchev–Trinajstić information content (AvgIpc) is 3.00. The summed E-state index contributed by atoms with van der Waals surface area (Å²) in [6.07, 6.45) is -1.41. The SMILES string of the molecule is CC1(C)O[C@@H]2[C@@H](CO[C@](O)(CNc3cccc(Cc4ccccc4)c3)[C@H]2O)O1. The van der Waals surface area contributed by atoms with Crippen LogP contribution in [0.15, 0.2) is 54.6 Å². The normalized spacial score (nSPS) is 31.4. The molecule has 2 aromatic carbocycles. The molecule has 6 nitrogen and oxygen atoms in total. The Morgan fingerprint density at radius 2 is 1.79 bits per heavy atom. The number of hydrogen-bond acceptors (Lipinski definition) is 6. The third-order valence-corrected chi connectivity index (χ3v) is 5.22. The topological polar surface area (TPSA) is 80.2 Å². The largest absolute Gasteiger partial charge is 0.385 e. The first-order valence-corrected chi connectivity index (χ1v) is 9.61. The smallest absolute Gasteiger partial charge is 0.212 e. The summed E-state index contributed by atoms with van der Waals surface area (Å²) in [6, 6.07) is 18.2. The Morgan fingerprint density at radius 3 is 2.57 bits per heavy atom. The maximum Gasteiger partial charge on any atom is 0.212 e. The Bertz CT molecular complexity index is 812. The number of rotatable bonds is 5. The van der Waals surface area contributed by atoms with Gasteiger partial charge in [-0.1, -0.05) is 42.5 Å². The summed E-state index contributed by atoms with van der Waals surface area (Å²) in [7, 11) is 0. The highest BCUT2D eigenvalue weighted by Gasteiger charge is 2.56. The lowest BCUT2D eigenvalue weighted by molar-refractivity contribution is -0.298. The molecule has 2 fully saturated rings. The van der Waals surface area contributed by atoms with E-state index in [0.717, 1.165) is 17.7 Å². The lowest BCUT2D eigenvalue weighted by Crippen LogP contribution is -2.62. The number of aliphatic hydroxyl groups is 2. The number of nitrogens with one attached hydrogen (secondary N) is 1. The predicted molar refractivity (Wildman–Crippen MR) is 105 cm³/mol. The maximum absolute atomic E-state index is 10.9. The van der Waals surface area contributed by atoms with Crippen LogP contribution < -0.4 is 5.32 Å². The predicted octanol–water partition coefficient (Wildman–Crippen LogP) is 2.29. The highest BCUT2D eigenvalue weighted by atomic mass is 16.8. The standard InChI is InChI=1S/C22H27NO5/c1-21(2)27-18-13-26-22(25,20(24)19(18)28-21)14-23-17-10-6-9-16(12-17)11-15-7-4-3-5-8-15/h3-10,12,18-20,23-25H,11,13-14H2,1-2H3/t18-,19-,20+,22-/m1/s1. The van der Waals surface area contributed by atoms with Crippen LogP contribution in [0.2, 0.25) is 0 Å². The molecule has 0 amide bonds. The second-order valence-corrected chi connectivity index (χ2v) is 7.96. The third-order valence-electron chi connectivity index (χ3n) is 5.22. The summed E-state index contributed by atoms with van der Waals surface area (Å²) in [5.74, 6) is -2.55. The molecular formula is C22H27NO5. The van der Waals surface area contributed by atoms with Crippen LogP contribution in [0.25, 0.3) is 0 Å². The van der Waals surface area contributed by atoms with Gasteiger partial charge >= 0.3 is 0 Å². The summed E-state index contributed by atoms with van der Waals surface area (Å²) in [5, 5.41) is 24.7. The number of aliphatic hydroxyl groups excluding tert-OH is 1. The second-order valence-electron chi connectivity index (χ2n) is 7.96. The average molecular weight is 385 g/mol. The molecule has 0 unspecified atom stereocenters. The molecule has 2 aromatic rings. The van der Waals surface area contributed by atoms with E-state index < -0.39 is 23.8 Å². The molecule has 2 heterocycles. The van der Waals surface area contributed by atoms with Gasteiger partial charge in [-0.25, -0.2) is 0 Å². The summed E-state index contributed by atoms with van der Waals surface area (Å²) >= 11 is 0. The van der Waals surface area contributed by atoms with Crippen LogP contribution in [0, 0.1) is 0 Å². The van der Waals surface area contributed by atoms with Crippen LogP contribution in [0.3, 0.4) is 0 Å². The minimum absolute atomic E-state index is 0.0377. The molecule has 4 rings (SSSR count). The monoisotopic (exact) mass is 385 g/mol. The Kier molecular flexibility index (Phi) is 5.16. The van der Waals surface area contributed by atoms with Gasteiger partial charge in [0.05, 0.1) is 13.2 Å². The van der Waals surface area contributed by atoms with Gasteiger partial charge in [0.2, 0.25) is 5.79 Å². The van der Waals surface area contributed by atoms with E-state index in [-0.39, 0.29) is 19.3 Å². The quantitative estimate of drug-likeness (QED) is 0.733. The van der Waals surface area contributed by atoms with Crippen LogP contribution in [0.1, 0.15) is 25.0 Å². The highest BCUT2D eigenvalue weighted by Crippen LogP contribution is 2.37. The molecule has 0 saturated carbocycles. The minimum Gasteiger partial charge on any atom is -0.385 e. The minimum atomic E-state index is -1.75. The molecule has 0 aromatic heterocycles. The van der Waals surface area contributed by atoms with Crippen LogP contribution in [-0.2, 0) is 20.6 Å². The number of ether oxygens (including phenoxy) is 3. The molecule has 150 valence electrons. The Hall–Kier alpha value is -1.96. The van der Waals surface area contributed by atoms with E-state index in [9.17, 15) is 10.2 Å². The van der Waals surface area contributed by atoms with Crippen LogP contribution in [-0.4, -0.2) is 53.3 Å². The maximum atomic E-state index is 10.9. The zero-order valence-electron chi connectivity index (χ0n) is 16.2. The molecule has 0 radical (unpaired) electrons. The van der Waals surface area contributed by atoms with E-state index in [0.29, 0.717) is 0 Å². The number of hydrogen-bond donors (Lipinski definition) is 3. The first kappa shape index (κ1) is 19.4. The van der Waals surface area contributed by atoms with E-state index in [4.69, 9.17) is 14.2 Å². The number of anilines is 1. The van der Waals surface area contributed by atoms with Crippen molar-refractivity contribution in [1.29, 1.82) is 0 Å². The fourth-order valence-electron chi connectivity index (χ4n) is 3.84. The first-order chi connectivity index (χ1) is 13.3. The van der Waals surface area contributed by atoms with E-state index in [1.807, 2.05) is 36.4 Å². The van der Waals surface area contributed by atoms with Crippen molar-refractivity contribution in [2.75, 3.05) is 18.5 Å².